The summed E-state index contributed by atoms with van der Waals surface area (Å²) >= 11 is 0. The van der Waals surface area contributed by atoms with Gasteiger partial charge in [-0.1, -0.05) is 26.2 Å². The number of amides is 1. The average molecular weight is 289 g/mol. The van der Waals surface area contributed by atoms with Crippen molar-refractivity contribution in [3.05, 3.63) is 30.0 Å². The fraction of sp³-hybridized carbons (Fsp3) is 0.471. The largest absolute Gasteiger partial charge is 0.497 e. The molecule has 1 N–H and O–H groups in total. The van der Waals surface area contributed by atoms with E-state index in [0.717, 1.165) is 35.2 Å². The molecule has 0 saturated carbocycles. The van der Waals surface area contributed by atoms with Crippen LogP contribution in [0.4, 0.5) is 0 Å². The summed E-state index contributed by atoms with van der Waals surface area (Å²) < 4.78 is 10.6. The zero-order valence-electron chi connectivity index (χ0n) is 12.8. The number of ether oxygens (including phenoxy) is 1. The van der Waals surface area contributed by atoms with Gasteiger partial charge in [-0.15, -0.1) is 0 Å². The van der Waals surface area contributed by atoms with Crippen LogP contribution in [0.25, 0.3) is 11.0 Å². The number of nitrogens with one attached hydrogen (secondary N) is 1. The van der Waals surface area contributed by atoms with E-state index in [1.54, 1.807) is 13.4 Å². The van der Waals surface area contributed by atoms with Crippen molar-refractivity contribution < 1.29 is 13.9 Å². The minimum atomic E-state index is 0.0463. The van der Waals surface area contributed by atoms with Crippen LogP contribution in [-0.2, 0) is 11.2 Å². The molecule has 0 radical (unpaired) electrons. The van der Waals surface area contributed by atoms with E-state index in [1.165, 1.54) is 19.3 Å². The molecule has 0 atom stereocenters. The molecule has 1 aromatic carbocycles. The third kappa shape index (κ3) is 4.25. The van der Waals surface area contributed by atoms with E-state index in [4.69, 9.17) is 9.15 Å². The zero-order valence-corrected chi connectivity index (χ0v) is 12.8. The first-order valence-corrected chi connectivity index (χ1v) is 7.55. The second-order valence-electron chi connectivity index (χ2n) is 5.21. The van der Waals surface area contributed by atoms with Crippen LogP contribution in [0.1, 0.15) is 38.2 Å². The minimum absolute atomic E-state index is 0.0463. The van der Waals surface area contributed by atoms with Crippen molar-refractivity contribution in [2.75, 3.05) is 13.7 Å². The molecule has 0 unspecified atom stereocenters. The summed E-state index contributed by atoms with van der Waals surface area (Å²) in [6, 6.07) is 5.65. The Morgan fingerprint density at radius 2 is 2.14 bits per heavy atom. The van der Waals surface area contributed by atoms with E-state index in [1.807, 2.05) is 18.2 Å². The van der Waals surface area contributed by atoms with E-state index in [0.29, 0.717) is 6.42 Å². The van der Waals surface area contributed by atoms with E-state index in [-0.39, 0.29) is 5.91 Å². The molecular formula is C17H23NO3. The van der Waals surface area contributed by atoms with Crippen LogP contribution in [-0.4, -0.2) is 19.6 Å². The summed E-state index contributed by atoms with van der Waals surface area (Å²) in [5.41, 5.74) is 1.67. The van der Waals surface area contributed by atoms with E-state index in [2.05, 4.69) is 12.2 Å². The smallest absolute Gasteiger partial charge is 0.224 e. The molecule has 114 valence electrons. The standard InChI is InChI=1S/C17H23NO3/c1-3-4-5-6-9-18-17(19)10-13-12-21-16-11-14(20-2)7-8-15(13)16/h7-8,11-12H,3-6,9-10H2,1-2H3,(H,18,19). The van der Waals surface area contributed by atoms with Crippen molar-refractivity contribution in [3.63, 3.8) is 0 Å². The Bertz CT molecular complexity index is 589. The minimum Gasteiger partial charge on any atom is -0.497 e. The number of carbonyl (C=O) groups excluding carboxylic acids is 1. The van der Waals surface area contributed by atoms with Crippen molar-refractivity contribution in [2.24, 2.45) is 0 Å². The Morgan fingerprint density at radius 3 is 2.90 bits per heavy atom. The van der Waals surface area contributed by atoms with E-state index in [9.17, 15) is 4.79 Å². The number of unbranched alkanes of at least 4 members (excludes halogenated alkanes) is 3. The van der Waals surface area contributed by atoms with Crippen LogP contribution < -0.4 is 10.1 Å². The first-order chi connectivity index (χ1) is 10.2. The second kappa shape index (κ2) is 7.72. The van der Waals surface area contributed by atoms with E-state index < -0.39 is 0 Å². The number of hydrogen-bond acceptors (Lipinski definition) is 3. The SMILES string of the molecule is CCCCCCNC(=O)Cc1coc2cc(OC)ccc12. The molecule has 1 heterocycles. The highest BCUT2D eigenvalue weighted by Crippen LogP contribution is 2.25. The number of benzene rings is 1. The van der Waals surface area contributed by atoms with Gasteiger partial charge in [0.25, 0.3) is 0 Å². The van der Waals surface area contributed by atoms with Crippen LogP contribution in [0.15, 0.2) is 28.9 Å². The van der Waals surface area contributed by atoms with E-state index >= 15 is 0 Å². The molecule has 0 bridgehead atoms. The Hall–Kier alpha value is -1.97. The summed E-state index contributed by atoms with van der Waals surface area (Å²) in [6.07, 6.45) is 6.66. The van der Waals surface area contributed by atoms with Crippen LogP contribution in [0, 0.1) is 0 Å². The first-order valence-electron chi connectivity index (χ1n) is 7.55. The van der Waals surface area contributed by atoms with Crippen molar-refractivity contribution in [2.45, 2.75) is 39.0 Å². The van der Waals surface area contributed by atoms with Gasteiger partial charge in [0.15, 0.2) is 0 Å². The molecule has 2 rings (SSSR count). The Labute approximate surface area is 125 Å². The highest BCUT2D eigenvalue weighted by atomic mass is 16.5. The lowest BCUT2D eigenvalue weighted by molar-refractivity contribution is -0.120. The lowest BCUT2D eigenvalue weighted by Gasteiger charge is -2.04. The molecular weight excluding hydrogens is 266 g/mol. The first kappa shape index (κ1) is 15.4. The molecule has 0 fully saturated rings. The molecule has 4 heteroatoms. The third-order valence-electron chi connectivity index (χ3n) is 3.57. The third-order valence-corrected chi connectivity index (χ3v) is 3.57. The molecule has 1 amide bonds. The van der Waals surface area contributed by atoms with Crippen LogP contribution >= 0.6 is 0 Å². The molecule has 21 heavy (non-hydrogen) atoms. The highest BCUT2D eigenvalue weighted by molar-refractivity contribution is 5.88. The van der Waals surface area contributed by atoms with Crippen molar-refractivity contribution in [1.82, 2.24) is 5.32 Å². The average Bonchev–Trinajstić information content (AvgIpc) is 2.89. The predicted molar refractivity (Wildman–Crippen MR) is 83.6 cm³/mol. The second-order valence-corrected chi connectivity index (χ2v) is 5.21. The normalized spacial score (nSPS) is 10.8. The Morgan fingerprint density at radius 1 is 1.29 bits per heavy atom. The van der Waals surface area contributed by atoms with Gasteiger partial charge in [0, 0.05) is 23.6 Å². The number of rotatable bonds is 8. The number of furan rings is 1. The maximum atomic E-state index is 11.9. The monoisotopic (exact) mass is 289 g/mol. The number of hydrogen-bond donors (Lipinski definition) is 1. The molecule has 2 aromatic rings. The quantitative estimate of drug-likeness (QED) is 0.754. The Balaban J connectivity index is 1.89. The summed E-state index contributed by atoms with van der Waals surface area (Å²) in [6.45, 7) is 2.93. The fourth-order valence-electron chi connectivity index (χ4n) is 2.34. The summed E-state index contributed by atoms with van der Waals surface area (Å²) in [5.74, 6) is 0.800. The molecule has 0 saturated heterocycles. The maximum absolute atomic E-state index is 11.9. The zero-order chi connectivity index (χ0) is 15.1. The molecule has 0 aliphatic carbocycles. The lowest BCUT2D eigenvalue weighted by atomic mass is 10.1. The summed E-state index contributed by atoms with van der Waals surface area (Å²) in [7, 11) is 1.62. The van der Waals surface area contributed by atoms with Gasteiger partial charge < -0.3 is 14.5 Å². The summed E-state index contributed by atoms with van der Waals surface area (Å²) in [5, 5.41) is 3.93. The topological polar surface area (TPSA) is 51.5 Å². The molecule has 4 nitrogen and oxygen atoms in total. The van der Waals surface area contributed by atoms with Gasteiger partial charge in [0.1, 0.15) is 11.3 Å². The van der Waals surface area contributed by atoms with Gasteiger partial charge >= 0.3 is 0 Å². The van der Waals surface area contributed by atoms with Crippen LogP contribution in [0.2, 0.25) is 0 Å². The number of methoxy groups -OCH3 is 1. The van der Waals surface area contributed by atoms with Gasteiger partial charge in [-0.3, -0.25) is 4.79 Å². The fourth-order valence-corrected chi connectivity index (χ4v) is 2.34. The molecule has 1 aromatic heterocycles. The molecule has 0 aliphatic rings. The van der Waals surface area contributed by atoms with Gasteiger partial charge in [-0.2, -0.15) is 0 Å². The van der Waals surface area contributed by atoms with Crippen molar-refractivity contribution >= 4 is 16.9 Å². The van der Waals surface area contributed by atoms with Gasteiger partial charge in [-0.25, -0.2) is 0 Å². The van der Waals surface area contributed by atoms with Gasteiger partial charge in [0.05, 0.1) is 19.8 Å². The van der Waals surface area contributed by atoms with Crippen LogP contribution in [0.5, 0.6) is 5.75 Å². The van der Waals surface area contributed by atoms with Crippen molar-refractivity contribution in [1.29, 1.82) is 0 Å². The molecule has 0 spiro atoms. The lowest BCUT2D eigenvalue weighted by Crippen LogP contribution is -2.25. The van der Waals surface area contributed by atoms with Crippen molar-refractivity contribution in [3.8, 4) is 5.75 Å². The molecule has 0 aliphatic heterocycles. The Kier molecular flexibility index (Phi) is 5.67. The maximum Gasteiger partial charge on any atom is 0.224 e. The van der Waals surface area contributed by atoms with Gasteiger partial charge in [-0.05, 0) is 18.6 Å². The number of fused-ring (bicyclic) bond motifs is 1. The van der Waals surface area contributed by atoms with Gasteiger partial charge in [0.2, 0.25) is 5.91 Å². The van der Waals surface area contributed by atoms with Crippen LogP contribution in [0.3, 0.4) is 0 Å². The number of carbonyl (C=O) groups is 1. The highest BCUT2D eigenvalue weighted by Gasteiger charge is 2.10. The predicted octanol–water partition coefficient (Wildman–Crippen LogP) is 3.68. The summed E-state index contributed by atoms with van der Waals surface area (Å²) in [4.78, 5) is 11.9.